The minimum Gasteiger partial charge on any atom is -0.444 e. The molecule has 1 saturated heterocycles. The third-order valence-electron chi connectivity index (χ3n) is 3.85. The summed E-state index contributed by atoms with van der Waals surface area (Å²) in [6, 6.07) is 6.71. The Morgan fingerprint density at radius 2 is 2.12 bits per heavy atom. The summed E-state index contributed by atoms with van der Waals surface area (Å²) in [4.78, 5) is 12.0. The van der Waals surface area contributed by atoms with Gasteiger partial charge in [-0.3, -0.25) is 0 Å². The van der Waals surface area contributed by atoms with Crippen molar-refractivity contribution < 1.29 is 17.9 Å². The summed E-state index contributed by atoms with van der Waals surface area (Å²) >= 11 is 3.31. The molecule has 1 aromatic carbocycles. The predicted molar refractivity (Wildman–Crippen MR) is 99.9 cm³/mol. The van der Waals surface area contributed by atoms with E-state index in [4.69, 9.17) is 4.74 Å². The number of carbonyl (C=O) groups excluding carboxylic acids is 1. The highest BCUT2D eigenvalue weighted by Crippen LogP contribution is 2.25. The first-order valence-electron chi connectivity index (χ1n) is 8.30. The Kier molecular flexibility index (Phi) is 6.51. The van der Waals surface area contributed by atoms with Gasteiger partial charge in [0, 0.05) is 24.1 Å². The standard InChI is InChI=1S/C17H25BrN2O4S/c1-17(2,3)24-16(21)19-11-13-6-5-9-20(12-13)25(22,23)15-8-4-7-14(18)10-15/h4,7-8,10,13H,5-6,9,11-12H2,1-3H3,(H,19,21). The van der Waals surface area contributed by atoms with E-state index in [0.29, 0.717) is 19.6 Å². The first-order chi connectivity index (χ1) is 11.6. The van der Waals surface area contributed by atoms with Crippen molar-refractivity contribution >= 4 is 32.0 Å². The second kappa shape index (κ2) is 8.05. The molecule has 25 heavy (non-hydrogen) atoms. The lowest BCUT2D eigenvalue weighted by Crippen LogP contribution is -2.44. The average molecular weight is 433 g/mol. The van der Waals surface area contributed by atoms with E-state index in [2.05, 4.69) is 21.2 Å². The van der Waals surface area contributed by atoms with Crippen molar-refractivity contribution in [1.82, 2.24) is 9.62 Å². The Morgan fingerprint density at radius 3 is 2.76 bits per heavy atom. The van der Waals surface area contributed by atoms with E-state index in [1.807, 2.05) is 0 Å². The number of carbonyl (C=O) groups is 1. The molecule has 8 heteroatoms. The topological polar surface area (TPSA) is 75.7 Å². The fourth-order valence-electron chi connectivity index (χ4n) is 2.73. The number of halogens is 1. The van der Waals surface area contributed by atoms with E-state index >= 15 is 0 Å². The van der Waals surface area contributed by atoms with Crippen LogP contribution in [0.1, 0.15) is 33.6 Å². The Morgan fingerprint density at radius 1 is 1.40 bits per heavy atom. The lowest BCUT2D eigenvalue weighted by Gasteiger charge is -2.32. The molecule has 0 bridgehead atoms. The van der Waals surface area contributed by atoms with Gasteiger partial charge in [0.05, 0.1) is 4.90 Å². The van der Waals surface area contributed by atoms with Crippen LogP contribution in [0, 0.1) is 5.92 Å². The maximum atomic E-state index is 12.8. The zero-order chi connectivity index (χ0) is 18.7. The number of ether oxygens (including phenoxy) is 1. The summed E-state index contributed by atoms with van der Waals surface area (Å²) in [6.45, 7) is 6.71. The van der Waals surface area contributed by atoms with Crippen molar-refractivity contribution in [3.63, 3.8) is 0 Å². The zero-order valence-corrected chi connectivity index (χ0v) is 17.2. The summed E-state index contributed by atoms with van der Waals surface area (Å²) in [7, 11) is -3.53. The second-order valence-electron chi connectivity index (χ2n) is 7.21. The number of piperidine rings is 1. The lowest BCUT2D eigenvalue weighted by molar-refractivity contribution is 0.0513. The maximum absolute atomic E-state index is 12.8. The van der Waals surface area contributed by atoms with Crippen LogP contribution in [0.4, 0.5) is 4.79 Å². The van der Waals surface area contributed by atoms with Gasteiger partial charge in [0.2, 0.25) is 10.0 Å². The van der Waals surface area contributed by atoms with E-state index < -0.39 is 21.7 Å². The smallest absolute Gasteiger partial charge is 0.407 e. The quantitative estimate of drug-likeness (QED) is 0.790. The Bertz CT molecular complexity index is 716. The van der Waals surface area contributed by atoms with E-state index in [1.165, 1.54) is 4.31 Å². The fourth-order valence-corrected chi connectivity index (χ4v) is 4.88. The van der Waals surface area contributed by atoms with Crippen molar-refractivity contribution in [1.29, 1.82) is 0 Å². The first kappa shape index (κ1) is 20.2. The molecule has 0 aromatic heterocycles. The molecule has 1 fully saturated rings. The molecule has 1 aliphatic heterocycles. The predicted octanol–water partition coefficient (Wildman–Crippen LogP) is 3.37. The number of alkyl carbamates (subject to hydrolysis) is 1. The molecular weight excluding hydrogens is 408 g/mol. The molecule has 0 radical (unpaired) electrons. The van der Waals surface area contributed by atoms with E-state index in [0.717, 1.165) is 17.3 Å². The van der Waals surface area contributed by atoms with Gasteiger partial charge in [-0.15, -0.1) is 0 Å². The van der Waals surface area contributed by atoms with Crippen molar-refractivity contribution in [2.75, 3.05) is 19.6 Å². The lowest BCUT2D eigenvalue weighted by atomic mass is 10.00. The third kappa shape index (κ3) is 5.97. The number of rotatable bonds is 4. The van der Waals surface area contributed by atoms with Crippen molar-refractivity contribution in [2.45, 2.75) is 44.1 Å². The Labute approximate surface area is 158 Å². The van der Waals surface area contributed by atoms with Crippen molar-refractivity contribution in [3.8, 4) is 0 Å². The van der Waals surface area contributed by atoms with Crippen LogP contribution in [0.15, 0.2) is 33.6 Å². The number of hydrogen-bond donors (Lipinski definition) is 1. The highest BCUT2D eigenvalue weighted by atomic mass is 79.9. The molecule has 1 atom stereocenters. The molecule has 6 nitrogen and oxygen atoms in total. The van der Waals surface area contributed by atoms with Gasteiger partial charge in [-0.2, -0.15) is 4.31 Å². The highest BCUT2D eigenvalue weighted by molar-refractivity contribution is 9.10. The van der Waals surface area contributed by atoms with E-state index in [-0.39, 0.29) is 10.8 Å². The van der Waals surface area contributed by atoms with Crippen LogP contribution in [0.25, 0.3) is 0 Å². The molecule has 0 saturated carbocycles. The fraction of sp³-hybridized carbons (Fsp3) is 0.588. The minimum absolute atomic E-state index is 0.0724. The first-order valence-corrected chi connectivity index (χ1v) is 10.5. The van der Waals surface area contributed by atoms with Gasteiger partial charge in [-0.05, 0) is 57.7 Å². The summed E-state index contributed by atoms with van der Waals surface area (Å²) < 4.78 is 33.1. The van der Waals surface area contributed by atoms with Crippen LogP contribution < -0.4 is 5.32 Å². The number of sulfonamides is 1. The second-order valence-corrected chi connectivity index (χ2v) is 10.1. The molecule has 0 spiro atoms. The molecule has 1 N–H and O–H groups in total. The molecule has 140 valence electrons. The monoisotopic (exact) mass is 432 g/mol. The van der Waals surface area contributed by atoms with E-state index in [9.17, 15) is 13.2 Å². The number of benzene rings is 1. The molecule has 1 aromatic rings. The van der Waals surface area contributed by atoms with Gasteiger partial charge in [0.15, 0.2) is 0 Å². The van der Waals surface area contributed by atoms with Gasteiger partial charge in [0.1, 0.15) is 5.60 Å². The zero-order valence-electron chi connectivity index (χ0n) is 14.8. The van der Waals surface area contributed by atoms with Gasteiger partial charge >= 0.3 is 6.09 Å². The van der Waals surface area contributed by atoms with Gasteiger partial charge < -0.3 is 10.1 Å². The number of amides is 1. The molecular formula is C17H25BrN2O4S. The molecule has 1 heterocycles. The largest absolute Gasteiger partial charge is 0.444 e. The Balaban J connectivity index is 1.97. The third-order valence-corrected chi connectivity index (χ3v) is 6.20. The Hall–Kier alpha value is -1.12. The summed E-state index contributed by atoms with van der Waals surface area (Å²) in [6.07, 6.45) is 1.17. The van der Waals surface area contributed by atoms with Crippen molar-refractivity contribution in [2.24, 2.45) is 5.92 Å². The van der Waals surface area contributed by atoms with Crippen LogP contribution in [-0.2, 0) is 14.8 Å². The average Bonchev–Trinajstić information content (AvgIpc) is 2.51. The van der Waals surface area contributed by atoms with Crippen LogP contribution in [0.5, 0.6) is 0 Å². The number of nitrogens with one attached hydrogen (secondary N) is 1. The highest BCUT2D eigenvalue weighted by Gasteiger charge is 2.30. The molecule has 1 amide bonds. The SMILES string of the molecule is CC(C)(C)OC(=O)NCC1CCCN(S(=O)(=O)c2cccc(Br)c2)C1. The number of hydrogen-bond acceptors (Lipinski definition) is 4. The summed E-state index contributed by atoms with van der Waals surface area (Å²) in [5.74, 6) is 0.0724. The normalized spacial score (nSPS) is 19.4. The van der Waals surface area contributed by atoms with Gasteiger partial charge in [-0.25, -0.2) is 13.2 Å². The van der Waals surface area contributed by atoms with Crippen molar-refractivity contribution in [3.05, 3.63) is 28.7 Å². The maximum Gasteiger partial charge on any atom is 0.407 e. The molecule has 0 aliphatic carbocycles. The van der Waals surface area contributed by atoms with Gasteiger partial charge in [0.25, 0.3) is 0 Å². The van der Waals surface area contributed by atoms with Crippen LogP contribution in [0.2, 0.25) is 0 Å². The molecule has 2 rings (SSSR count). The van der Waals surface area contributed by atoms with Crippen LogP contribution in [0.3, 0.4) is 0 Å². The number of nitrogens with zero attached hydrogens (tertiary/aromatic N) is 1. The van der Waals surface area contributed by atoms with Gasteiger partial charge in [-0.1, -0.05) is 22.0 Å². The summed E-state index contributed by atoms with van der Waals surface area (Å²) in [5, 5.41) is 2.74. The molecule has 1 unspecified atom stereocenters. The van der Waals surface area contributed by atoms with E-state index in [1.54, 1.807) is 45.0 Å². The van der Waals surface area contributed by atoms with Crippen LogP contribution >= 0.6 is 15.9 Å². The molecule has 1 aliphatic rings. The summed E-state index contributed by atoms with van der Waals surface area (Å²) in [5.41, 5.74) is -0.549. The minimum atomic E-state index is -3.53. The van der Waals surface area contributed by atoms with Crippen LogP contribution in [-0.4, -0.2) is 44.1 Å².